The van der Waals surface area contributed by atoms with Crippen LogP contribution in [0.15, 0.2) is 21.7 Å². The average molecular weight is 427 g/mol. The van der Waals surface area contributed by atoms with E-state index in [1.165, 1.54) is 6.21 Å². The van der Waals surface area contributed by atoms with Crippen molar-refractivity contribution in [2.75, 3.05) is 19.5 Å². The van der Waals surface area contributed by atoms with Gasteiger partial charge in [-0.15, -0.1) is 0 Å². The molecule has 0 saturated heterocycles. The number of aryl methyl sites for hydroxylation is 1. The van der Waals surface area contributed by atoms with E-state index in [-0.39, 0.29) is 5.91 Å². The first kappa shape index (κ1) is 19.2. The summed E-state index contributed by atoms with van der Waals surface area (Å²) in [6, 6.07) is 3.60. The van der Waals surface area contributed by atoms with Crippen molar-refractivity contribution in [2.24, 2.45) is 5.10 Å². The molecule has 2 rings (SSSR count). The highest BCUT2D eigenvalue weighted by Gasteiger charge is 2.15. The molecule has 1 amide bonds. The minimum absolute atomic E-state index is 0.333. The Balaban J connectivity index is 2.15. The van der Waals surface area contributed by atoms with Gasteiger partial charge in [0.2, 0.25) is 0 Å². The molecule has 3 N–H and O–H groups in total. The van der Waals surface area contributed by atoms with Crippen molar-refractivity contribution in [1.29, 1.82) is 0 Å². The van der Waals surface area contributed by atoms with Crippen LogP contribution in [0.1, 0.15) is 34.8 Å². The summed E-state index contributed by atoms with van der Waals surface area (Å²) >= 11 is 4.58. The third-order valence-corrected chi connectivity index (χ3v) is 4.69. The number of rotatable bonds is 7. The zero-order chi connectivity index (χ0) is 18.4. The van der Waals surface area contributed by atoms with Gasteiger partial charge >= 0.3 is 0 Å². The number of nitrogens with zero attached hydrogens (tertiary/aromatic N) is 2. The van der Waals surface area contributed by atoms with Gasteiger partial charge in [-0.25, -0.2) is 10.4 Å². The highest BCUT2D eigenvalue weighted by atomic mass is 79.9. The van der Waals surface area contributed by atoms with E-state index in [1.807, 2.05) is 19.9 Å². The van der Waals surface area contributed by atoms with E-state index in [2.05, 4.69) is 31.4 Å². The summed E-state index contributed by atoms with van der Waals surface area (Å²) in [5.41, 5.74) is 9.57. The number of amides is 1. The minimum atomic E-state index is -0.333. The molecule has 1 aromatic carbocycles. The van der Waals surface area contributed by atoms with Gasteiger partial charge in [-0.05, 0) is 47.0 Å². The van der Waals surface area contributed by atoms with Gasteiger partial charge in [0.1, 0.15) is 4.88 Å². The van der Waals surface area contributed by atoms with Crippen LogP contribution in [0, 0.1) is 0 Å². The Kier molecular flexibility index (Phi) is 6.77. The monoisotopic (exact) mass is 426 g/mol. The van der Waals surface area contributed by atoms with Crippen molar-refractivity contribution >= 4 is 44.5 Å². The third-order valence-electron chi connectivity index (χ3n) is 3.17. The van der Waals surface area contributed by atoms with Gasteiger partial charge in [0.15, 0.2) is 16.6 Å². The maximum atomic E-state index is 12.2. The molecular formula is C16H19BrN4O3S. The number of methoxy groups -OCH3 is 1. The molecular weight excluding hydrogens is 408 g/mol. The second kappa shape index (κ2) is 8.82. The normalized spacial score (nSPS) is 10.9. The number of anilines is 1. The predicted octanol–water partition coefficient (Wildman–Crippen LogP) is 3.22. The van der Waals surface area contributed by atoms with Gasteiger partial charge in [0.05, 0.1) is 30.1 Å². The SMILES string of the molecule is CCOc1cc(/C=N\NC(=O)c2sc(N)nc2CC)cc(Br)c1OC. The molecule has 7 nitrogen and oxygen atoms in total. The fourth-order valence-corrected chi connectivity index (χ4v) is 3.56. The van der Waals surface area contributed by atoms with Gasteiger partial charge in [-0.3, -0.25) is 4.79 Å². The van der Waals surface area contributed by atoms with Crippen LogP contribution in [-0.4, -0.2) is 30.8 Å². The summed E-state index contributed by atoms with van der Waals surface area (Å²) in [4.78, 5) is 16.8. The first-order valence-electron chi connectivity index (χ1n) is 7.59. The van der Waals surface area contributed by atoms with Gasteiger partial charge in [-0.1, -0.05) is 18.3 Å². The number of carbonyl (C=O) groups is 1. The molecule has 0 atom stereocenters. The Morgan fingerprint density at radius 3 is 2.88 bits per heavy atom. The van der Waals surface area contributed by atoms with Crippen LogP contribution in [0.2, 0.25) is 0 Å². The van der Waals surface area contributed by atoms with Crippen LogP contribution >= 0.6 is 27.3 Å². The summed E-state index contributed by atoms with van der Waals surface area (Å²) in [7, 11) is 1.57. The van der Waals surface area contributed by atoms with Crippen LogP contribution < -0.4 is 20.6 Å². The van der Waals surface area contributed by atoms with Crippen molar-refractivity contribution in [3.05, 3.63) is 32.7 Å². The number of nitrogens with two attached hydrogens (primary N) is 1. The molecule has 0 unspecified atom stereocenters. The van der Waals surface area contributed by atoms with Crippen LogP contribution in [0.5, 0.6) is 11.5 Å². The van der Waals surface area contributed by atoms with Gasteiger partial charge in [-0.2, -0.15) is 5.10 Å². The number of halogens is 1. The standard InChI is InChI=1S/C16H19BrN4O3S/c1-4-11-14(25-16(18)20-11)15(22)21-19-8-9-6-10(17)13(23-3)12(7-9)24-5-2/h6-8H,4-5H2,1-3H3,(H2,18,20)(H,21,22)/b19-8-. The molecule has 25 heavy (non-hydrogen) atoms. The molecule has 9 heteroatoms. The van der Waals surface area contributed by atoms with Crippen molar-refractivity contribution in [3.63, 3.8) is 0 Å². The minimum Gasteiger partial charge on any atom is -0.492 e. The molecule has 0 fully saturated rings. The Labute approximate surface area is 158 Å². The highest BCUT2D eigenvalue weighted by Crippen LogP contribution is 2.36. The smallest absolute Gasteiger partial charge is 0.283 e. The summed E-state index contributed by atoms with van der Waals surface area (Å²) < 4.78 is 11.6. The summed E-state index contributed by atoms with van der Waals surface area (Å²) in [6.07, 6.45) is 2.16. The Bertz CT molecular complexity index is 792. The number of nitrogens with one attached hydrogen (secondary N) is 1. The fourth-order valence-electron chi connectivity index (χ4n) is 2.13. The summed E-state index contributed by atoms with van der Waals surface area (Å²) in [6.45, 7) is 4.31. The molecule has 134 valence electrons. The third kappa shape index (κ3) is 4.70. The number of hydrogen-bond acceptors (Lipinski definition) is 7. The Hall–Kier alpha value is -2.13. The lowest BCUT2D eigenvalue weighted by molar-refractivity contribution is 0.0958. The molecule has 2 aromatic rings. The molecule has 0 spiro atoms. The maximum Gasteiger partial charge on any atom is 0.283 e. The lowest BCUT2D eigenvalue weighted by atomic mass is 10.2. The second-order valence-electron chi connectivity index (χ2n) is 4.85. The molecule has 0 bridgehead atoms. The summed E-state index contributed by atoms with van der Waals surface area (Å²) in [5, 5.41) is 4.36. The first-order chi connectivity index (χ1) is 12.0. The zero-order valence-electron chi connectivity index (χ0n) is 14.1. The summed E-state index contributed by atoms with van der Waals surface area (Å²) in [5.74, 6) is 0.867. The van der Waals surface area contributed by atoms with Crippen molar-refractivity contribution in [3.8, 4) is 11.5 Å². The molecule has 0 radical (unpaired) electrons. The Morgan fingerprint density at radius 2 is 2.24 bits per heavy atom. The molecule has 0 aliphatic carbocycles. The van der Waals surface area contributed by atoms with Gasteiger partial charge in [0.25, 0.3) is 5.91 Å². The molecule has 0 saturated carbocycles. The van der Waals surface area contributed by atoms with Gasteiger partial charge in [0, 0.05) is 0 Å². The number of hydrazone groups is 1. The van der Waals surface area contributed by atoms with Crippen LogP contribution in [0.4, 0.5) is 5.13 Å². The van der Waals surface area contributed by atoms with E-state index < -0.39 is 0 Å². The quantitative estimate of drug-likeness (QED) is 0.522. The molecule has 1 aromatic heterocycles. The number of nitrogen functional groups attached to an aromatic ring is 1. The van der Waals surface area contributed by atoms with E-state index in [1.54, 1.807) is 13.2 Å². The first-order valence-corrected chi connectivity index (χ1v) is 9.19. The van der Waals surface area contributed by atoms with E-state index in [4.69, 9.17) is 15.2 Å². The number of hydrogen-bond donors (Lipinski definition) is 2. The van der Waals surface area contributed by atoms with E-state index >= 15 is 0 Å². The van der Waals surface area contributed by atoms with Crippen molar-refractivity contribution < 1.29 is 14.3 Å². The molecule has 0 aliphatic heterocycles. The number of thiazole rings is 1. The maximum absolute atomic E-state index is 12.2. The molecule has 0 aliphatic rings. The van der Waals surface area contributed by atoms with Crippen LogP contribution in [-0.2, 0) is 6.42 Å². The predicted molar refractivity (Wildman–Crippen MR) is 103 cm³/mol. The fraction of sp³-hybridized carbons (Fsp3) is 0.312. The van der Waals surface area contributed by atoms with Crippen molar-refractivity contribution in [1.82, 2.24) is 10.4 Å². The highest BCUT2D eigenvalue weighted by molar-refractivity contribution is 9.10. The van der Waals surface area contributed by atoms with E-state index in [0.29, 0.717) is 40.2 Å². The second-order valence-corrected chi connectivity index (χ2v) is 6.73. The largest absolute Gasteiger partial charge is 0.492 e. The average Bonchev–Trinajstić information content (AvgIpc) is 2.96. The van der Waals surface area contributed by atoms with Crippen LogP contribution in [0.3, 0.4) is 0 Å². The van der Waals surface area contributed by atoms with Crippen molar-refractivity contribution in [2.45, 2.75) is 20.3 Å². The topological polar surface area (TPSA) is 98.8 Å². The number of carbonyl (C=O) groups excluding carboxylic acids is 1. The molecule has 1 heterocycles. The number of benzene rings is 1. The van der Waals surface area contributed by atoms with Gasteiger partial charge < -0.3 is 15.2 Å². The lowest BCUT2D eigenvalue weighted by Crippen LogP contribution is -2.17. The van der Waals surface area contributed by atoms with E-state index in [9.17, 15) is 4.79 Å². The number of aromatic nitrogens is 1. The number of ether oxygens (including phenoxy) is 2. The van der Waals surface area contributed by atoms with Crippen LogP contribution in [0.25, 0.3) is 0 Å². The van der Waals surface area contributed by atoms with E-state index in [0.717, 1.165) is 21.4 Å². The lowest BCUT2D eigenvalue weighted by Gasteiger charge is -2.11. The zero-order valence-corrected chi connectivity index (χ0v) is 16.5. The Morgan fingerprint density at radius 1 is 1.48 bits per heavy atom.